The van der Waals surface area contributed by atoms with Crippen LogP contribution >= 0.6 is 11.6 Å². The van der Waals surface area contributed by atoms with Crippen molar-refractivity contribution in [1.29, 1.82) is 0 Å². The van der Waals surface area contributed by atoms with Gasteiger partial charge in [0.1, 0.15) is 10.7 Å². The van der Waals surface area contributed by atoms with E-state index >= 15 is 0 Å². The van der Waals surface area contributed by atoms with E-state index in [9.17, 15) is 17.9 Å². The van der Waals surface area contributed by atoms with Crippen LogP contribution in [0.25, 0.3) is 0 Å². The molecule has 4 nitrogen and oxygen atoms in total. The Morgan fingerprint density at radius 1 is 1.50 bits per heavy atom. The van der Waals surface area contributed by atoms with Gasteiger partial charge in [-0.1, -0.05) is 11.6 Å². The number of hydrogen-bond acceptors (Lipinski definition) is 3. The van der Waals surface area contributed by atoms with Crippen molar-refractivity contribution in [2.24, 2.45) is 5.92 Å². The predicted octanol–water partition coefficient (Wildman–Crippen LogP) is 1.53. The first-order valence-corrected chi connectivity index (χ1v) is 7.39. The molecule has 0 aliphatic heterocycles. The Kier molecular flexibility index (Phi) is 3.91. The smallest absolute Gasteiger partial charge is 0.242 e. The molecule has 7 heteroatoms. The van der Waals surface area contributed by atoms with Gasteiger partial charge in [0.25, 0.3) is 0 Å². The van der Waals surface area contributed by atoms with E-state index in [0.29, 0.717) is 0 Å². The Morgan fingerprint density at radius 3 is 2.72 bits per heavy atom. The van der Waals surface area contributed by atoms with Crippen LogP contribution in [-0.2, 0) is 10.0 Å². The average molecular weight is 294 g/mol. The van der Waals surface area contributed by atoms with Crippen molar-refractivity contribution in [3.63, 3.8) is 0 Å². The standard InChI is InChI=1S/C11H13ClFNO3S/c12-9-5-8(13)3-4-11(9)18(16,17)14-6-10(15)7-1-2-7/h3-5,7,10,14-15H,1-2,6H2. The SMILES string of the molecule is O=S(=O)(NCC(O)C1CC1)c1ccc(F)cc1Cl. The molecule has 1 aliphatic rings. The van der Waals surface area contributed by atoms with Crippen molar-refractivity contribution in [3.05, 3.63) is 29.0 Å². The van der Waals surface area contributed by atoms with Gasteiger partial charge in [-0.25, -0.2) is 17.5 Å². The van der Waals surface area contributed by atoms with Crippen LogP contribution in [0.5, 0.6) is 0 Å². The molecule has 0 radical (unpaired) electrons. The van der Waals surface area contributed by atoms with Crippen molar-refractivity contribution in [1.82, 2.24) is 4.72 Å². The highest BCUT2D eigenvalue weighted by atomic mass is 35.5. The van der Waals surface area contributed by atoms with Crippen LogP contribution in [0, 0.1) is 11.7 Å². The van der Waals surface area contributed by atoms with Gasteiger partial charge in [0.05, 0.1) is 11.1 Å². The fraction of sp³-hybridized carbons (Fsp3) is 0.455. The second-order valence-corrected chi connectivity index (χ2v) is 6.47. The summed E-state index contributed by atoms with van der Waals surface area (Å²) >= 11 is 5.68. The van der Waals surface area contributed by atoms with Gasteiger partial charge in [-0.15, -0.1) is 0 Å². The molecule has 1 atom stereocenters. The molecular weight excluding hydrogens is 281 g/mol. The minimum atomic E-state index is -3.82. The Balaban J connectivity index is 2.09. The third-order valence-electron chi connectivity index (χ3n) is 2.83. The first-order chi connectivity index (χ1) is 8.40. The van der Waals surface area contributed by atoms with Gasteiger partial charge in [0, 0.05) is 6.54 Å². The van der Waals surface area contributed by atoms with Crippen LogP contribution in [-0.4, -0.2) is 26.2 Å². The third kappa shape index (κ3) is 3.20. The largest absolute Gasteiger partial charge is 0.391 e. The number of benzene rings is 1. The quantitative estimate of drug-likeness (QED) is 0.865. The summed E-state index contributed by atoms with van der Waals surface area (Å²) in [7, 11) is -3.82. The fourth-order valence-electron chi connectivity index (χ4n) is 1.61. The van der Waals surface area contributed by atoms with Gasteiger partial charge in [0.2, 0.25) is 10.0 Å². The summed E-state index contributed by atoms with van der Waals surface area (Å²) in [6, 6.07) is 3.06. The summed E-state index contributed by atoms with van der Waals surface area (Å²) in [5.74, 6) is -0.423. The maximum Gasteiger partial charge on any atom is 0.242 e. The maximum atomic E-state index is 12.8. The maximum absolute atomic E-state index is 12.8. The molecule has 2 rings (SSSR count). The molecule has 0 bridgehead atoms. The molecule has 18 heavy (non-hydrogen) atoms. The minimum absolute atomic E-state index is 0.0549. The summed E-state index contributed by atoms with van der Waals surface area (Å²) in [6.07, 6.45) is 1.15. The van der Waals surface area contributed by atoms with E-state index in [1.165, 1.54) is 0 Å². The zero-order chi connectivity index (χ0) is 13.3. The van der Waals surface area contributed by atoms with E-state index < -0.39 is 21.9 Å². The lowest BCUT2D eigenvalue weighted by molar-refractivity contribution is 0.155. The van der Waals surface area contributed by atoms with E-state index in [4.69, 9.17) is 11.6 Å². The lowest BCUT2D eigenvalue weighted by Gasteiger charge is -2.12. The summed E-state index contributed by atoms with van der Waals surface area (Å²) in [5, 5.41) is 9.42. The molecule has 1 saturated carbocycles. The third-order valence-corrected chi connectivity index (χ3v) is 4.74. The van der Waals surface area contributed by atoms with Gasteiger partial charge in [-0.3, -0.25) is 0 Å². The molecule has 0 heterocycles. The molecule has 1 unspecified atom stereocenters. The number of rotatable bonds is 5. The second kappa shape index (κ2) is 5.13. The highest BCUT2D eigenvalue weighted by Crippen LogP contribution is 2.32. The van der Waals surface area contributed by atoms with Gasteiger partial charge >= 0.3 is 0 Å². The number of sulfonamides is 1. The normalized spacial score (nSPS) is 17.7. The van der Waals surface area contributed by atoms with Crippen molar-refractivity contribution >= 4 is 21.6 Å². The van der Waals surface area contributed by atoms with Gasteiger partial charge in [-0.2, -0.15) is 0 Å². The Labute approximate surface area is 110 Å². The van der Waals surface area contributed by atoms with Gasteiger partial charge in [-0.05, 0) is 37.0 Å². The van der Waals surface area contributed by atoms with Crippen LogP contribution < -0.4 is 4.72 Å². The number of nitrogens with one attached hydrogen (secondary N) is 1. The van der Waals surface area contributed by atoms with Crippen LogP contribution in [0.3, 0.4) is 0 Å². The molecule has 1 aliphatic carbocycles. The number of aliphatic hydroxyl groups is 1. The molecule has 100 valence electrons. The molecule has 0 amide bonds. The Morgan fingerprint density at radius 2 is 2.17 bits per heavy atom. The Hall–Kier alpha value is -0.690. The monoisotopic (exact) mass is 293 g/mol. The minimum Gasteiger partial charge on any atom is -0.391 e. The Bertz CT molecular complexity index is 545. The van der Waals surface area contributed by atoms with E-state index in [-0.39, 0.29) is 22.4 Å². The van der Waals surface area contributed by atoms with Crippen molar-refractivity contribution in [2.45, 2.75) is 23.8 Å². The van der Waals surface area contributed by atoms with E-state index in [1.54, 1.807) is 0 Å². The van der Waals surface area contributed by atoms with Crippen LogP contribution in [0.1, 0.15) is 12.8 Å². The van der Waals surface area contributed by atoms with Gasteiger partial charge < -0.3 is 5.11 Å². The number of aliphatic hydroxyl groups excluding tert-OH is 1. The molecule has 0 spiro atoms. The topological polar surface area (TPSA) is 66.4 Å². The molecule has 1 fully saturated rings. The fourth-order valence-corrected chi connectivity index (χ4v) is 3.19. The van der Waals surface area contributed by atoms with E-state index in [2.05, 4.69) is 4.72 Å². The molecule has 1 aromatic carbocycles. The summed E-state index contributed by atoms with van der Waals surface area (Å²) in [6.45, 7) is -0.0549. The van der Waals surface area contributed by atoms with E-state index in [1.807, 2.05) is 0 Å². The number of halogens is 2. The first-order valence-electron chi connectivity index (χ1n) is 5.53. The van der Waals surface area contributed by atoms with Crippen LogP contribution in [0.4, 0.5) is 4.39 Å². The second-order valence-electron chi connectivity index (χ2n) is 4.33. The zero-order valence-electron chi connectivity index (χ0n) is 9.44. The summed E-state index contributed by atoms with van der Waals surface area (Å²) < 4.78 is 38.9. The average Bonchev–Trinajstić information content (AvgIpc) is 3.09. The van der Waals surface area contributed by atoms with Crippen molar-refractivity contribution < 1.29 is 17.9 Å². The lowest BCUT2D eigenvalue weighted by atomic mass is 10.2. The number of hydrogen-bond donors (Lipinski definition) is 2. The zero-order valence-corrected chi connectivity index (χ0v) is 11.0. The highest BCUT2D eigenvalue weighted by Gasteiger charge is 2.30. The molecular formula is C11H13ClFNO3S. The summed E-state index contributed by atoms with van der Waals surface area (Å²) in [5.41, 5.74) is 0. The summed E-state index contributed by atoms with van der Waals surface area (Å²) in [4.78, 5) is -0.187. The lowest BCUT2D eigenvalue weighted by Crippen LogP contribution is -2.33. The first kappa shape index (κ1) is 13.7. The molecule has 2 N–H and O–H groups in total. The van der Waals surface area contributed by atoms with Crippen LogP contribution in [0.2, 0.25) is 5.02 Å². The predicted molar refractivity (Wildman–Crippen MR) is 65.3 cm³/mol. The van der Waals surface area contributed by atoms with Crippen molar-refractivity contribution in [2.75, 3.05) is 6.54 Å². The van der Waals surface area contributed by atoms with Gasteiger partial charge in [0.15, 0.2) is 0 Å². The molecule has 0 saturated heterocycles. The highest BCUT2D eigenvalue weighted by molar-refractivity contribution is 7.89. The van der Waals surface area contributed by atoms with Crippen molar-refractivity contribution in [3.8, 4) is 0 Å². The molecule has 0 aromatic heterocycles. The van der Waals surface area contributed by atoms with Crippen LogP contribution in [0.15, 0.2) is 23.1 Å². The van der Waals surface area contributed by atoms with E-state index in [0.717, 1.165) is 31.0 Å². The molecule has 1 aromatic rings.